The summed E-state index contributed by atoms with van der Waals surface area (Å²) in [6.07, 6.45) is 22.8. The first kappa shape index (κ1) is 26.2. The number of rotatable bonds is 17. The first-order chi connectivity index (χ1) is 17.8. The van der Waals surface area contributed by atoms with E-state index in [1.165, 1.54) is 88.4 Å². The van der Waals surface area contributed by atoms with Crippen LogP contribution in [-0.2, 0) is 13.1 Å². The molecule has 2 aliphatic rings. The highest BCUT2D eigenvalue weighted by molar-refractivity contribution is 5.16. The predicted molar refractivity (Wildman–Crippen MR) is 152 cm³/mol. The Morgan fingerprint density at radius 1 is 0.389 bits per heavy atom. The number of hydrogen-bond acceptors (Lipinski definition) is 4. The van der Waals surface area contributed by atoms with Gasteiger partial charge in [0.05, 0.1) is 13.3 Å². The lowest BCUT2D eigenvalue weighted by Gasteiger charge is -2.21. The summed E-state index contributed by atoms with van der Waals surface area (Å²) in [6.45, 7) is 6.48. The summed E-state index contributed by atoms with van der Waals surface area (Å²) in [5.74, 6) is 0. The molecule has 36 heavy (non-hydrogen) atoms. The Balaban J connectivity index is 0.903. The maximum Gasteiger partial charge on any atom is 0.0897 e. The minimum atomic E-state index is 1.01. The van der Waals surface area contributed by atoms with Crippen LogP contribution in [0.4, 0.5) is 0 Å². The van der Waals surface area contributed by atoms with E-state index in [9.17, 15) is 0 Å². The van der Waals surface area contributed by atoms with E-state index in [2.05, 4.69) is 105 Å². The van der Waals surface area contributed by atoms with Crippen molar-refractivity contribution in [1.29, 1.82) is 0 Å². The predicted octanol–water partition coefficient (Wildman–Crippen LogP) is 7.38. The van der Waals surface area contributed by atoms with Crippen molar-refractivity contribution in [2.75, 3.05) is 26.4 Å². The van der Waals surface area contributed by atoms with Gasteiger partial charge in [0, 0.05) is 51.0 Å². The second-order valence-corrected chi connectivity index (χ2v) is 10.5. The first-order valence-electron chi connectivity index (χ1n) is 14.3. The van der Waals surface area contributed by atoms with Crippen LogP contribution in [0.1, 0.15) is 75.3 Å². The van der Waals surface area contributed by atoms with Crippen LogP contribution in [0.3, 0.4) is 0 Å². The maximum atomic E-state index is 2.46. The second kappa shape index (κ2) is 15.3. The largest absolute Gasteiger partial charge is 0.359 e. The van der Waals surface area contributed by atoms with E-state index in [4.69, 9.17) is 0 Å². The average molecular weight is 487 g/mol. The quantitative estimate of drug-likeness (QED) is 0.216. The van der Waals surface area contributed by atoms with Crippen molar-refractivity contribution in [2.24, 2.45) is 0 Å². The average Bonchev–Trinajstić information content (AvgIpc) is 3.55. The van der Waals surface area contributed by atoms with Gasteiger partial charge < -0.3 is 19.6 Å². The third-order valence-corrected chi connectivity index (χ3v) is 7.30. The molecule has 0 unspecified atom stereocenters. The smallest absolute Gasteiger partial charge is 0.0897 e. The van der Waals surface area contributed by atoms with E-state index in [1.54, 1.807) is 0 Å². The van der Waals surface area contributed by atoms with Gasteiger partial charge in [-0.05, 0) is 24.0 Å². The SMILES string of the molecule is C1=CN(Cc2ccccc2)CN1CCCCCCCCCCCCN1C=CN(Cc2ccccc2)C1. The molecule has 2 aliphatic heterocycles. The Labute approximate surface area is 219 Å². The molecule has 0 radical (unpaired) electrons. The fourth-order valence-electron chi connectivity index (χ4n) is 5.21. The molecule has 194 valence electrons. The third kappa shape index (κ3) is 9.64. The molecule has 2 aromatic carbocycles. The molecule has 0 spiro atoms. The zero-order valence-corrected chi connectivity index (χ0v) is 22.2. The monoisotopic (exact) mass is 486 g/mol. The van der Waals surface area contributed by atoms with Crippen molar-refractivity contribution in [1.82, 2.24) is 19.6 Å². The fourth-order valence-corrected chi connectivity index (χ4v) is 5.21. The Morgan fingerprint density at radius 3 is 1.11 bits per heavy atom. The standard InChI is InChI=1S/C32H46N4/c1(3-5-7-15-21-33-23-25-35(29-33)27-31-17-11-9-12-18-31)2-4-6-8-16-22-34-24-26-36(30-34)28-32-19-13-10-14-20-32/h9-14,17-20,23-26H,1-8,15-16,21-22,27-30H2. The lowest BCUT2D eigenvalue weighted by molar-refractivity contribution is 0.255. The van der Waals surface area contributed by atoms with Crippen molar-refractivity contribution in [3.8, 4) is 0 Å². The lowest BCUT2D eigenvalue weighted by atomic mass is 10.1. The van der Waals surface area contributed by atoms with Gasteiger partial charge in [0.15, 0.2) is 0 Å². The fraction of sp³-hybridized carbons (Fsp3) is 0.500. The van der Waals surface area contributed by atoms with E-state index < -0.39 is 0 Å². The van der Waals surface area contributed by atoms with E-state index in [0.717, 1.165) is 26.4 Å². The van der Waals surface area contributed by atoms with E-state index in [1.807, 2.05) is 0 Å². The Morgan fingerprint density at radius 2 is 0.722 bits per heavy atom. The molecule has 0 amide bonds. The highest BCUT2D eigenvalue weighted by Gasteiger charge is 2.12. The third-order valence-electron chi connectivity index (χ3n) is 7.30. The zero-order chi connectivity index (χ0) is 24.7. The van der Waals surface area contributed by atoms with Crippen molar-refractivity contribution in [3.63, 3.8) is 0 Å². The number of benzene rings is 2. The molecule has 0 bridgehead atoms. The summed E-state index contributed by atoms with van der Waals surface area (Å²) in [6, 6.07) is 21.5. The normalized spacial score (nSPS) is 15.0. The van der Waals surface area contributed by atoms with E-state index in [-0.39, 0.29) is 0 Å². The van der Waals surface area contributed by atoms with Crippen LogP contribution in [-0.4, -0.2) is 46.0 Å². The van der Waals surface area contributed by atoms with Crippen LogP contribution < -0.4 is 0 Å². The van der Waals surface area contributed by atoms with Gasteiger partial charge in [-0.1, -0.05) is 112 Å². The van der Waals surface area contributed by atoms with Gasteiger partial charge in [-0.3, -0.25) is 0 Å². The van der Waals surface area contributed by atoms with Gasteiger partial charge in [0.1, 0.15) is 0 Å². The van der Waals surface area contributed by atoms with Crippen LogP contribution in [0.2, 0.25) is 0 Å². The van der Waals surface area contributed by atoms with Crippen LogP contribution in [0.15, 0.2) is 85.5 Å². The molecule has 4 nitrogen and oxygen atoms in total. The Kier molecular flexibility index (Phi) is 11.1. The highest BCUT2D eigenvalue weighted by Crippen LogP contribution is 2.16. The van der Waals surface area contributed by atoms with Crippen molar-refractivity contribution in [3.05, 3.63) is 96.6 Å². The molecular formula is C32H46N4. The van der Waals surface area contributed by atoms with Gasteiger partial charge in [-0.15, -0.1) is 0 Å². The molecular weight excluding hydrogens is 440 g/mol. The molecule has 0 aromatic heterocycles. The van der Waals surface area contributed by atoms with Gasteiger partial charge in [0.25, 0.3) is 0 Å². The summed E-state index contributed by atoms with van der Waals surface area (Å²) >= 11 is 0. The second-order valence-electron chi connectivity index (χ2n) is 10.5. The molecule has 0 atom stereocenters. The van der Waals surface area contributed by atoms with Gasteiger partial charge >= 0.3 is 0 Å². The summed E-state index contributed by atoms with van der Waals surface area (Å²) in [5, 5.41) is 0. The minimum Gasteiger partial charge on any atom is -0.359 e. The first-order valence-corrected chi connectivity index (χ1v) is 14.3. The lowest BCUT2D eigenvalue weighted by Crippen LogP contribution is -2.25. The molecule has 0 N–H and O–H groups in total. The molecule has 2 aromatic rings. The van der Waals surface area contributed by atoms with Crippen LogP contribution in [0, 0.1) is 0 Å². The summed E-state index contributed by atoms with van der Waals surface area (Å²) in [5.41, 5.74) is 2.78. The summed E-state index contributed by atoms with van der Waals surface area (Å²) in [4.78, 5) is 9.72. The van der Waals surface area contributed by atoms with Crippen LogP contribution in [0.25, 0.3) is 0 Å². The molecule has 4 rings (SSSR count). The summed E-state index contributed by atoms with van der Waals surface area (Å²) < 4.78 is 0. The molecule has 0 saturated carbocycles. The summed E-state index contributed by atoms with van der Waals surface area (Å²) in [7, 11) is 0. The Hall–Kier alpha value is -2.88. The highest BCUT2D eigenvalue weighted by atomic mass is 15.3. The van der Waals surface area contributed by atoms with Crippen molar-refractivity contribution >= 4 is 0 Å². The number of unbranched alkanes of at least 4 members (excludes halogenated alkanes) is 9. The number of nitrogens with zero attached hydrogens (tertiary/aromatic N) is 4. The number of hydrogen-bond donors (Lipinski definition) is 0. The van der Waals surface area contributed by atoms with Crippen LogP contribution >= 0.6 is 0 Å². The molecule has 0 aliphatic carbocycles. The molecule has 0 saturated heterocycles. The van der Waals surface area contributed by atoms with Crippen molar-refractivity contribution in [2.45, 2.75) is 77.3 Å². The maximum absolute atomic E-state index is 2.46. The van der Waals surface area contributed by atoms with Gasteiger partial charge in [-0.2, -0.15) is 0 Å². The van der Waals surface area contributed by atoms with E-state index in [0.29, 0.717) is 0 Å². The van der Waals surface area contributed by atoms with Crippen molar-refractivity contribution < 1.29 is 0 Å². The Bertz CT molecular complexity index is 819. The van der Waals surface area contributed by atoms with E-state index >= 15 is 0 Å². The zero-order valence-electron chi connectivity index (χ0n) is 22.2. The topological polar surface area (TPSA) is 13.0 Å². The van der Waals surface area contributed by atoms with Crippen LogP contribution in [0.5, 0.6) is 0 Å². The minimum absolute atomic E-state index is 1.01. The van der Waals surface area contributed by atoms with Gasteiger partial charge in [0.2, 0.25) is 0 Å². The molecule has 4 heteroatoms. The molecule has 2 heterocycles. The van der Waals surface area contributed by atoms with Gasteiger partial charge in [-0.25, -0.2) is 0 Å². The molecule has 0 fully saturated rings.